The highest BCUT2D eigenvalue weighted by Gasteiger charge is 2.25. The first kappa shape index (κ1) is 14.4. The van der Waals surface area contributed by atoms with Crippen molar-refractivity contribution in [2.75, 3.05) is 38.2 Å². The van der Waals surface area contributed by atoms with Crippen molar-refractivity contribution < 1.29 is 23.4 Å². The van der Waals surface area contributed by atoms with E-state index in [4.69, 9.17) is 16.0 Å². The Bertz CT molecular complexity index is 909. The normalized spacial score (nSPS) is 21.2. The highest BCUT2D eigenvalue weighted by Crippen LogP contribution is 2.29. The number of carbonyl (C=O) groups excluding carboxylic acids is 1. The fourth-order valence-corrected chi connectivity index (χ4v) is 3.69. The number of amides is 1. The molecule has 0 radical (unpaired) electrons. The third-order valence-corrected chi connectivity index (χ3v) is 5.91. The smallest absolute Gasteiger partial charge is 0.255 e. The molecule has 0 saturated carbocycles. The molecule has 3 N–H and O–H groups in total. The largest absolute Gasteiger partial charge is 0.496 e. The van der Waals surface area contributed by atoms with Crippen LogP contribution in [0.2, 0.25) is 0 Å². The third kappa shape index (κ3) is 4.24. The molecule has 1 atom stereocenters. The van der Waals surface area contributed by atoms with Gasteiger partial charge in [0, 0.05) is 18.6 Å². The molecule has 25 heavy (non-hydrogen) atoms. The molecule has 1 saturated heterocycles. The van der Waals surface area contributed by atoms with Crippen LogP contribution in [0.15, 0.2) is 17.0 Å². The van der Waals surface area contributed by atoms with Gasteiger partial charge in [0.1, 0.15) is 5.75 Å². The van der Waals surface area contributed by atoms with Gasteiger partial charge in [0.2, 0.25) is 0 Å². The van der Waals surface area contributed by atoms with Gasteiger partial charge >= 0.3 is 0 Å². The molecule has 1 amide bonds. The van der Waals surface area contributed by atoms with E-state index in [9.17, 15) is 13.2 Å². The predicted molar refractivity (Wildman–Crippen MR) is 97.7 cm³/mol. The first-order valence-corrected chi connectivity index (χ1v) is 9.84. The number of anilines is 1. The maximum absolute atomic E-state index is 13.0. The number of carbonyl (C=O) groups is 1. The summed E-state index contributed by atoms with van der Waals surface area (Å²) >= 11 is 0. The standard InChI is InChI=1S/C17H27N3O4S/c1-4-20-8-6-7-12(20)11-19-17(21)13-9-16(25(22,23)5-2)14(18)10-15(13)24-3/h9-10,12H,4-8,11,18H2,1-3H3,(H,19,21)/i9D,10D,11D2. The van der Waals surface area contributed by atoms with Crippen molar-refractivity contribution in [2.24, 2.45) is 0 Å². The third-order valence-electron chi connectivity index (χ3n) is 4.20. The number of nitrogens with one attached hydrogen (secondary N) is 1. The van der Waals surface area contributed by atoms with Crippen molar-refractivity contribution >= 4 is 21.4 Å². The zero-order valence-corrected chi connectivity index (χ0v) is 15.5. The molecule has 0 bridgehead atoms. The maximum atomic E-state index is 13.0. The number of hydrogen-bond donors (Lipinski definition) is 2. The van der Waals surface area contributed by atoms with Crippen LogP contribution >= 0.6 is 0 Å². The monoisotopic (exact) mass is 373 g/mol. The second-order valence-electron chi connectivity index (χ2n) is 5.69. The highest BCUT2D eigenvalue weighted by molar-refractivity contribution is 7.91. The molecular weight excluding hydrogens is 342 g/mol. The van der Waals surface area contributed by atoms with Gasteiger partial charge in [-0.05, 0) is 32.0 Å². The highest BCUT2D eigenvalue weighted by atomic mass is 32.2. The fraction of sp³-hybridized carbons (Fsp3) is 0.588. The summed E-state index contributed by atoms with van der Waals surface area (Å²) in [6.07, 6.45) is 1.34. The summed E-state index contributed by atoms with van der Waals surface area (Å²) in [6, 6.07) is -1.79. The lowest BCUT2D eigenvalue weighted by Crippen LogP contribution is -2.40. The molecule has 0 spiro atoms. The van der Waals surface area contributed by atoms with E-state index < -0.39 is 56.5 Å². The second-order valence-corrected chi connectivity index (χ2v) is 7.90. The number of likely N-dealkylation sites (N-methyl/N-ethyl adjacent to an activating group) is 1. The van der Waals surface area contributed by atoms with E-state index in [-0.39, 0.29) is 11.5 Å². The van der Waals surface area contributed by atoms with Crippen LogP contribution in [0.1, 0.15) is 42.5 Å². The van der Waals surface area contributed by atoms with Crippen molar-refractivity contribution in [1.29, 1.82) is 0 Å². The van der Waals surface area contributed by atoms with Gasteiger partial charge < -0.3 is 15.8 Å². The summed E-state index contributed by atoms with van der Waals surface area (Å²) in [5.41, 5.74) is 4.78. The van der Waals surface area contributed by atoms with Crippen LogP contribution < -0.4 is 15.8 Å². The van der Waals surface area contributed by atoms with Crippen LogP contribution in [-0.4, -0.2) is 57.7 Å². The SMILES string of the molecule is [2H]c1c(N)c(S(=O)(=O)CC)c([2H])c(C(=O)NC([2H])([2H])C2CCCN2CC)c1OC. The molecule has 1 fully saturated rings. The van der Waals surface area contributed by atoms with E-state index in [1.807, 2.05) is 11.8 Å². The maximum Gasteiger partial charge on any atom is 0.255 e. The Hall–Kier alpha value is -1.80. The lowest BCUT2D eigenvalue weighted by atomic mass is 10.1. The molecular formula is C17H27N3O4S. The molecule has 1 aliphatic heterocycles. The number of methoxy groups -OCH3 is 1. The van der Waals surface area contributed by atoms with Gasteiger partial charge in [-0.3, -0.25) is 9.69 Å². The van der Waals surface area contributed by atoms with E-state index in [1.165, 1.54) is 14.0 Å². The van der Waals surface area contributed by atoms with E-state index in [2.05, 4.69) is 5.32 Å². The molecule has 1 unspecified atom stereocenters. The number of sulfone groups is 1. The molecule has 140 valence electrons. The summed E-state index contributed by atoms with van der Waals surface area (Å²) in [5.74, 6) is -1.76. The molecule has 0 aliphatic carbocycles. The van der Waals surface area contributed by atoms with Gasteiger partial charge in [0.05, 0.1) is 34.5 Å². The Morgan fingerprint density at radius 1 is 1.52 bits per heavy atom. The van der Waals surface area contributed by atoms with Crippen molar-refractivity contribution in [3.05, 3.63) is 17.6 Å². The molecule has 7 nitrogen and oxygen atoms in total. The summed E-state index contributed by atoms with van der Waals surface area (Å²) < 4.78 is 63.0. The van der Waals surface area contributed by atoms with Crippen LogP contribution in [0.5, 0.6) is 5.75 Å². The number of ether oxygens (including phenoxy) is 1. The molecule has 0 aromatic heterocycles. The van der Waals surface area contributed by atoms with E-state index in [0.29, 0.717) is 19.5 Å². The molecule has 1 aliphatic rings. The lowest BCUT2D eigenvalue weighted by Gasteiger charge is -2.23. The minimum Gasteiger partial charge on any atom is -0.496 e. The first-order valence-electron chi connectivity index (χ1n) is 10.2. The Labute approximate surface area is 155 Å². The minimum atomic E-state index is -4.01. The second kappa shape index (κ2) is 8.05. The van der Waals surface area contributed by atoms with Gasteiger partial charge in [-0.1, -0.05) is 13.8 Å². The lowest BCUT2D eigenvalue weighted by molar-refractivity contribution is 0.0938. The van der Waals surface area contributed by atoms with Crippen molar-refractivity contribution in [3.8, 4) is 5.75 Å². The Balaban J connectivity index is 2.57. The average Bonchev–Trinajstić information content (AvgIpc) is 3.13. The number of hydrogen-bond acceptors (Lipinski definition) is 6. The quantitative estimate of drug-likeness (QED) is 0.698. The van der Waals surface area contributed by atoms with Gasteiger partial charge in [-0.25, -0.2) is 8.42 Å². The van der Waals surface area contributed by atoms with Gasteiger partial charge in [-0.15, -0.1) is 0 Å². The average molecular weight is 374 g/mol. The first-order chi connectivity index (χ1) is 13.4. The van der Waals surface area contributed by atoms with Crippen LogP contribution in [0.3, 0.4) is 0 Å². The van der Waals surface area contributed by atoms with Crippen LogP contribution in [0.25, 0.3) is 0 Å². The molecule has 8 heteroatoms. The summed E-state index contributed by atoms with van der Waals surface area (Å²) in [7, 11) is -2.84. The van der Waals surface area contributed by atoms with E-state index in [1.54, 1.807) is 0 Å². The van der Waals surface area contributed by atoms with E-state index in [0.717, 1.165) is 6.42 Å². The molecule has 1 heterocycles. The van der Waals surface area contributed by atoms with Gasteiger partial charge in [-0.2, -0.15) is 0 Å². The van der Waals surface area contributed by atoms with E-state index >= 15 is 0 Å². The summed E-state index contributed by atoms with van der Waals surface area (Å²) in [4.78, 5) is 14.2. The van der Waals surface area contributed by atoms with Crippen molar-refractivity contribution in [3.63, 3.8) is 0 Å². The van der Waals surface area contributed by atoms with Crippen molar-refractivity contribution in [1.82, 2.24) is 10.2 Å². The number of likely N-dealkylation sites (tertiary alicyclic amines) is 1. The number of rotatable bonds is 7. The Kier molecular flexibility index (Phi) is 4.63. The van der Waals surface area contributed by atoms with Gasteiger partial charge in [0.15, 0.2) is 9.84 Å². The zero-order chi connectivity index (χ0) is 22.1. The Morgan fingerprint density at radius 2 is 2.24 bits per heavy atom. The van der Waals surface area contributed by atoms with Gasteiger partial charge in [0.25, 0.3) is 5.91 Å². The number of nitrogens with zero attached hydrogens (tertiary/aromatic N) is 1. The predicted octanol–water partition coefficient (Wildman–Crippen LogP) is 1.29. The zero-order valence-electron chi connectivity index (χ0n) is 18.7. The Morgan fingerprint density at radius 3 is 2.84 bits per heavy atom. The molecule has 1 aromatic carbocycles. The summed E-state index contributed by atoms with van der Waals surface area (Å²) in [6.45, 7) is 2.45. The fourth-order valence-electron chi connectivity index (χ4n) is 2.76. The van der Waals surface area contributed by atoms with Crippen LogP contribution in [0, 0.1) is 0 Å². The molecule has 1 aromatic rings. The van der Waals surface area contributed by atoms with Crippen molar-refractivity contribution in [2.45, 2.75) is 37.6 Å². The van der Waals surface area contributed by atoms with Crippen LogP contribution in [0.4, 0.5) is 5.69 Å². The van der Waals surface area contributed by atoms with Crippen LogP contribution in [-0.2, 0) is 9.84 Å². The topological polar surface area (TPSA) is 102 Å². The summed E-state index contributed by atoms with van der Waals surface area (Å²) in [5, 5.41) is 2.27. The molecule has 2 rings (SSSR count). The number of nitrogen functional groups attached to an aromatic ring is 1. The minimum absolute atomic E-state index is 0.366. The number of nitrogens with two attached hydrogens (primary N) is 1. The number of benzene rings is 1.